The van der Waals surface area contributed by atoms with Crippen molar-refractivity contribution in [3.8, 4) is 0 Å². The summed E-state index contributed by atoms with van der Waals surface area (Å²) in [5, 5.41) is 9.72. The summed E-state index contributed by atoms with van der Waals surface area (Å²) in [5.74, 6) is -1.24. The third-order valence-corrected chi connectivity index (χ3v) is 5.76. The maximum Gasteiger partial charge on any atom is 0.313 e. The number of benzene rings is 1. The minimum absolute atomic E-state index is 0.0385. The molecule has 3 rings (SSSR count). The van der Waals surface area contributed by atoms with Crippen molar-refractivity contribution in [2.24, 2.45) is 0 Å². The van der Waals surface area contributed by atoms with Gasteiger partial charge < -0.3 is 15.4 Å². The first-order valence-electron chi connectivity index (χ1n) is 9.61. The number of para-hydroxylation sites is 1. The van der Waals surface area contributed by atoms with Crippen molar-refractivity contribution < 1.29 is 14.3 Å². The van der Waals surface area contributed by atoms with Gasteiger partial charge in [0.05, 0.1) is 19.3 Å². The molecule has 28 heavy (non-hydrogen) atoms. The summed E-state index contributed by atoms with van der Waals surface area (Å²) in [5.41, 5.74) is 3.85. The van der Waals surface area contributed by atoms with E-state index in [-0.39, 0.29) is 6.04 Å². The Balaban J connectivity index is 1.63. The molecular formula is C21H27N3O3S. The van der Waals surface area contributed by atoms with Gasteiger partial charge in [-0.25, -0.2) is 0 Å². The summed E-state index contributed by atoms with van der Waals surface area (Å²) in [6.07, 6.45) is 0.788. The minimum Gasteiger partial charge on any atom is -0.379 e. The Kier molecular flexibility index (Phi) is 7.19. The maximum absolute atomic E-state index is 12.5. The number of rotatable bonds is 6. The number of ether oxygens (including phenoxy) is 1. The maximum atomic E-state index is 12.5. The fourth-order valence-electron chi connectivity index (χ4n) is 3.45. The summed E-state index contributed by atoms with van der Waals surface area (Å²) in [6, 6.07) is 7.95. The summed E-state index contributed by atoms with van der Waals surface area (Å²) in [4.78, 5) is 27.2. The number of morpholine rings is 1. The number of hydrogen-bond donors (Lipinski definition) is 2. The lowest BCUT2D eigenvalue weighted by Crippen LogP contribution is -2.45. The summed E-state index contributed by atoms with van der Waals surface area (Å²) in [6.45, 7) is 7.33. The average molecular weight is 402 g/mol. The van der Waals surface area contributed by atoms with Crippen LogP contribution in [0.1, 0.15) is 29.7 Å². The number of nitrogens with zero attached hydrogens (tertiary/aromatic N) is 1. The van der Waals surface area contributed by atoms with Gasteiger partial charge in [-0.1, -0.05) is 25.1 Å². The summed E-state index contributed by atoms with van der Waals surface area (Å²) < 4.78 is 5.44. The monoisotopic (exact) mass is 401 g/mol. The molecule has 1 saturated heterocycles. The van der Waals surface area contributed by atoms with Gasteiger partial charge in [0.25, 0.3) is 0 Å². The molecule has 0 saturated carbocycles. The molecule has 150 valence electrons. The Morgan fingerprint density at radius 3 is 2.68 bits per heavy atom. The highest BCUT2D eigenvalue weighted by Gasteiger charge is 2.25. The molecule has 1 aromatic heterocycles. The van der Waals surface area contributed by atoms with Crippen LogP contribution in [-0.2, 0) is 20.7 Å². The minimum atomic E-state index is -0.630. The molecular weight excluding hydrogens is 374 g/mol. The quantitative estimate of drug-likeness (QED) is 0.730. The molecule has 1 fully saturated rings. The van der Waals surface area contributed by atoms with Crippen LogP contribution in [0.4, 0.5) is 5.69 Å². The molecule has 0 bridgehead atoms. The van der Waals surface area contributed by atoms with Crippen LogP contribution in [0.2, 0.25) is 0 Å². The van der Waals surface area contributed by atoms with E-state index in [9.17, 15) is 9.59 Å². The standard InChI is InChI=1S/C21H27N3O3S/c1-3-16-6-4-5-15(2)19(16)23-21(26)20(25)22-13-18(17-7-12-28-14-17)24-8-10-27-11-9-24/h4-7,12,14,18H,3,8-11,13H2,1-2H3,(H,22,25)(H,23,26). The van der Waals surface area contributed by atoms with Crippen molar-refractivity contribution in [1.82, 2.24) is 10.2 Å². The van der Waals surface area contributed by atoms with Gasteiger partial charge in [0.15, 0.2) is 0 Å². The largest absolute Gasteiger partial charge is 0.379 e. The number of carbonyl (C=O) groups is 2. The van der Waals surface area contributed by atoms with Crippen LogP contribution in [0, 0.1) is 6.92 Å². The SMILES string of the molecule is CCc1cccc(C)c1NC(=O)C(=O)NCC(c1ccsc1)N1CCOCC1. The van der Waals surface area contributed by atoms with Crippen molar-refractivity contribution in [3.63, 3.8) is 0 Å². The molecule has 0 radical (unpaired) electrons. The normalized spacial score (nSPS) is 15.8. The van der Waals surface area contributed by atoms with Gasteiger partial charge in [0.2, 0.25) is 0 Å². The van der Waals surface area contributed by atoms with Crippen LogP contribution in [0.5, 0.6) is 0 Å². The highest BCUT2D eigenvalue weighted by Crippen LogP contribution is 2.24. The van der Waals surface area contributed by atoms with Crippen molar-refractivity contribution in [2.45, 2.75) is 26.3 Å². The topological polar surface area (TPSA) is 70.7 Å². The molecule has 1 aliphatic rings. The average Bonchev–Trinajstić information content (AvgIpc) is 3.24. The van der Waals surface area contributed by atoms with Gasteiger partial charge in [-0.3, -0.25) is 14.5 Å². The van der Waals surface area contributed by atoms with Gasteiger partial charge in [-0.2, -0.15) is 11.3 Å². The first-order valence-corrected chi connectivity index (χ1v) is 10.6. The van der Waals surface area contributed by atoms with Crippen molar-refractivity contribution in [1.29, 1.82) is 0 Å². The summed E-state index contributed by atoms with van der Waals surface area (Å²) in [7, 11) is 0. The van der Waals surface area contributed by atoms with Crippen LogP contribution in [0.15, 0.2) is 35.0 Å². The highest BCUT2D eigenvalue weighted by atomic mass is 32.1. The lowest BCUT2D eigenvalue weighted by molar-refractivity contribution is -0.136. The van der Waals surface area contributed by atoms with Gasteiger partial charge in [0, 0.05) is 25.3 Å². The van der Waals surface area contributed by atoms with Crippen molar-refractivity contribution >= 4 is 28.8 Å². The van der Waals surface area contributed by atoms with Crippen molar-refractivity contribution in [3.05, 3.63) is 51.7 Å². The van der Waals surface area contributed by atoms with Gasteiger partial charge in [0.1, 0.15) is 0 Å². The fraction of sp³-hybridized carbons (Fsp3) is 0.429. The van der Waals surface area contributed by atoms with E-state index < -0.39 is 11.8 Å². The molecule has 6 nitrogen and oxygen atoms in total. The van der Waals surface area contributed by atoms with E-state index in [1.54, 1.807) is 11.3 Å². The second-order valence-electron chi connectivity index (χ2n) is 6.85. The predicted molar refractivity (Wildman–Crippen MR) is 112 cm³/mol. The van der Waals surface area contributed by atoms with Crippen molar-refractivity contribution in [2.75, 3.05) is 38.2 Å². The molecule has 1 aromatic carbocycles. The molecule has 7 heteroatoms. The smallest absolute Gasteiger partial charge is 0.313 e. The molecule has 1 unspecified atom stereocenters. The Bertz CT molecular complexity index is 801. The zero-order valence-corrected chi connectivity index (χ0v) is 17.2. The van der Waals surface area contributed by atoms with Crippen LogP contribution < -0.4 is 10.6 Å². The highest BCUT2D eigenvalue weighted by molar-refractivity contribution is 7.08. The van der Waals surface area contributed by atoms with E-state index in [0.29, 0.717) is 19.8 Å². The molecule has 1 aliphatic heterocycles. The van der Waals surface area contributed by atoms with Gasteiger partial charge in [-0.15, -0.1) is 0 Å². The Hall–Kier alpha value is -2.22. The Labute approximate surface area is 169 Å². The van der Waals surface area contributed by atoms with Gasteiger partial charge >= 0.3 is 11.8 Å². The predicted octanol–water partition coefficient (Wildman–Crippen LogP) is 2.75. The number of amides is 2. The zero-order chi connectivity index (χ0) is 19.9. The number of thiophene rings is 1. The first-order chi connectivity index (χ1) is 13.6. The molecule has 2 amide bonds. The number of carbonyl (C=O) groups excluding carboxylic acids is 2. The van der Waals surface area contributed by atoms with E-state index in [1.807, 2.05) is 37.4 Å². The van der Waals surface area contributed by atoms with E-state index in [2.05, 4.69) is 27.0 Å². The lowest BCUT2D eigenvalue weighted by atomic mass is 10.1. The van der Waals surface area contributed by atoms with Crippen LogP contribution in [0.3, 0.4) is 0 Å². The molecule has 0 aliphatic carbocycles. The summed E-state index contributed by atoms with van der Waals surface area (Å²) >= 11 is 1.63. The number of hydrogen-bond acceptors (Lipinski definition) is 5. The zero-order valence-electron chi connectivity index (χ0n) is 16.4. The van der Waals surface area contributed by atoms with Crippen LogP contribution in [-0.4, -0.2) is 49.6 Å². The van der Waals surface area contributed by atoms with Gasteiger partial charge in [-0.05, 0) is 46.9 Å². The number of anilines is 1. The fourth-order valence-corrected chi connectivity index (χ4v) is 4.16. The van der Waals surface area contributed by atoms with E-state index in [4.69, 9.17) is 4.74 Å². The molecule has 2 aromatic rings. The number of aryl methyl sites for hydroxylation is 2. The van der Waals surface area contributed by atoms with E-state index in [0.717, 1.165) is 41.9 Å². The second kappa shape index (κ2) is 9.82. The first kappa shape index (κ1) is 20.5. The Morgan fingerprint density at radius 1 is 1.21 bits per heavy atom. The Morgan fingerprint density at radius 2 is 2.00 bits per heavy atom. The second-order valence-corrected chi connectivity index (χ2v) is 7.63. The molecule has 2 N–H and O–H groups in total. The van der Waals surface area contributed by atoms with E-state index in [1.165, 1.54) is 0 Å². The third kappa shape index (κ3) is 4.98. The van der Waals surface area contributed by atoms with E-state index >= 15 is 0 Å². The molecule has 0 spiro atoms. The third-order valence-electron chi connectivity index (χ3n) is 5.06. The van der Waals surface area contributed by atoms with Crippen LogP contribution in [0.25, 0.3) is 0 Å². The molecule has 2 heterocycles. The lowest BCUT2D eigenvalue weighted by Gasteiger charge is -2.34. The number of nitrogens with one attached hydrogen (secondary N) is 2. The van der Waals surface area contributed by atoms with Crippen LogP contribution >= 0.6 is 11.3 Å². The molecule has 1 atom stereocenters.